The number of aryl methyl sites for hydroxylation is 5. The molecule has 2 atom stereocenters. The van der Waals surface area contributed by atoms with Crippen molar-refractivity contribution in [2.24, 2.45) is 0 Å². The van der Waals surface area contributed by atoms with E-state index in [9.17, 15) is 13.2 Å². The Hall–Kier alpha value is -2.34. The number of anilines is 1. The highest BCUT2D eigenvalue weighted by atomic mass is 32.2. The molecule has 2 aromatic carbocycles. The molecule has 5 nitrogen and oxygen atoms in total. The summed E-state index contributed by atoms with van der Waals surface area (Å²) in [6.07, 6.45) is 1.52. The summed E-state index contributed by atoms with van der Waals surface area (Å²) in [6, 6.07) is 8.79. The van der Waals surface area contributed by atoms with Crippen LogP contribution in [-0.2, 0) is 14.8 Å². The van der Waals surface area contributed by atoms with Crippen LogP contribution in [-0.4, -0.2) is 26.6 Å². The second kappa shape index (κ2) is 9.21. The summed E-state index contributed by atoms with van der Waals surface area (Å²) in [5.41, 5.74) is 6.83. The predicted octanol–water partition coefficient (Wildman–Crippen LogP) is 4.65. The molecule has 0 unspecified atom stereocenters. The first kappa shape index (κ1) is 23.9. The zero-order valence-corrected chi connectivity index (χ0v) is 20.1. The van der Waals surface area contributed by atoms with Crippen LogP contribution in [0.2, 0.25) is 0 Å². The number of carbonyl (C=O) groups excluding carboxylic acids is 1. The van der Waals surface area contributed by atoms with Crippen LogP contribution in [0.3, 0.4) is 0 Å². The minimum atomic E-state index is -3.66. The molecule has 0 saturated carbocycles. The van der Waals surface area contributed by atoms with Crippen LogP contribution < -0.4 is 9.62 Å². The number of nitrogens with zero attached hydrogens (tertiary/aromatic N) is 1. The Morgan fingerprint density at radius 1 is 0.967 bits per heavy atom. The predicted molar refractivity (Wildman–Crippen MR) is 125 cm³/mol. The number of hydrogen-bond acceptors (Lipinski definition) is 3. The number of hydrogen-bond donors (Lipinski definition) is 1. The van der Waals surface area contributed by atoms with E-state index < -0.39 is 16.1 Å². The van der Waals surface area contributed by atoms with E-state index in [1.54, 1.807) is 0 Å². The number of carbonyl (C=O) groups is 1. The molecule has 2 aromatic rings. The number of rotatable bonds is 7. The maximum Gasteiger partial charge on any atom is 0.244 e. The molecular formula is C24H34N2O3S. The summed E-state index contributed by atoms with van der Waals surface area (Å²) in [7, 11) is -3.66. The summed E-state index contributed by atoms with van der Waals surface area (Å²) >= 11 is 0. The van der Waals surface area contributed by atoms with Gasteiger partial charge in [-0.1, -0.05) is 31.2 Å². The van der Waals surface area contributed by atoms with E-state index in [0.29, 0.717) is 12.1 Å². The van der Waals surface area contributed by atoms with Crippen molar-refractivity contribution < 1.29 is 13.2 Å². The first-order valence-electron chi connectivity index (χ1n) is 10.3. The Morgan fingerprint density at radius 2 is 1.57 bits per heavy atom. The van der Waals surface area contributed by atoms with Gasteiger partial charge in [0.15, 0.2) is 0 Å². The first-order chi connectivity index (χ1) is 13.9. The van der Waals surface area contributed by atoms with E-state index in [-0.39, 0.29) is 11.9 Å². The van der Waals surface area contributed by atoms with E-state index in [4.69, 9.17) is 0 Å². The van der Waals surface area contributed by atoms with Crippen LogP contribution in [0.5, 0.6) is 0 Å². The lowest BCUT2D eigenvalue weighted by Crippen LogP contribution is -2.50. The molecule has 6 heteroatoms. The van der Waals surface area contributed by atoms with Gasteiger partial charge in [-0.3, -0.25) is 9.10 Å². The Bertz CT molecular complexity index is 1040. The zero-order valence-electron chi connectivity index (χ0n) is 19.3. The van der Waals surface area contributed by atoms with Crippen molar-refractivity contribution >= 4 is 21.6 Å². The third kappa shape index (κ3) is 5.22. The number of benzene rings is 2. The molecule has 0 saturated heterocycles. The largest absolute Gasteiger partial charge is 0.348 e. The highest BCUT2D eigenvalue weighted by Crippen LogP contribution is 2.28. The lowest BCUT2D eigenvalue weighted by molar-refractivity contribution is -0.122. The molecule has 0 fully saturated rings. The normalized spacial score (nSPS) is 13.6. The highest BCUT2D eigenvalue weighted by molar-refractivity contribution is 7.92. The molecule has 0 radical (unpaired) electrons. The molecule has 0 bridgehead atoms. The lowest BCUT2D eigenvalue weighted by Gasteiger charge is -2.32. The molecule has 1 N–H and O–H groups in total. The van der Waals surface area contributed by atoms with Gasteiger partial charge in [0.05, 0.1) is 18.0 Å². The topological polar surface area (TPSA) is 66.5 Å². The lowest BCUT2D eigenvalue weighted by atomic mass is 9.96. The Kier molecular flexibility index (Phi) is 7.35. The Morgan fingerprint density at radius 3 is 2.13 bits per heavy atom. The van der Waals surface area contributed by atoms with Crippen LogP contribution in [0.25, 0.3) is 0 Å². The van der Waals surface area contributed by atoms with Gasteiger partial charge in [-0.05, 0) is 87.4 Å². The molecule has 0 spiro atoms. The third-order valence-corrected chi connectivity index (χ3v) is 6.81. The third-order valence-electron chi connectivity index (χ3n) is 5.64. The maximum atomic E-state index is 13.3. The van der Waals surface area contributed by atoms with Gasteiger partial charge in [0.2, 0.25) is 15.9 Å². The van der Waals surface area contributed by atoms with Crippen LogP contribution >= 0.6 is 0 Å². The summed E-state index contributed by atoms with van der Waals surface area (Å²) in [6.45, 7) is 13.7. The molecule has 164 valence electrons. The van der Waals surface area contributed by atoms with Crippen LogP contribution in [0.4, 0.5) is 5.69 Å². The van der Waals surface area contributed by atoms with Crippen molar-refractivity contribution in [2.75, 3.05) is 10.6 Å². The second-order valence-electron chi connectivity index (χ2n) is 8.30. The van der Waals surface area contributed by atoms with E-state index in [1.807, 2.05) is 59.7 Å². The Balaban J connectivity index is 2.41. The van der Waals surface area contributed by atoms with Gasteiger partial charge in [-0.15, -0.1) is 0 Å². The average molecular weight is 431 g/mol. The van der Waals surface area contributed by atoms with Gasteiger partial charge in [-0.2, -0.15) is 0 Å². The summed E-state index contributed by atoms with van der Waals surface area (Å²) in [4.78, 5) is 13.3. The fraction of sp³-hybridized carbons (Fsp3) is 0.458. The quantitative estimate of drug-likeness (QED) is 0.695. The highest BCUT2D eigenvalue weighted by Gasteiger charge is 2.33. The number of sulfonamides is 1. The minimum Gasteiger partial charge on any atom is -0.348 e. The molecular weight excluding hydrogens is 396 g/mol. The van der Waals surface area contributed by atoms with Crippen LogP contribution in [0, 0.1) is 34.6 Å². The summed E-state index contributed by atoms with van der Waals surface area (Å²) in [5, 5.41) is 3.05. The van der Waals surface area contributed by atoms with Crippen molar-refractivity contribution in [3.05, 3.63) is 63.7 Å². The van der Waals surface area contributed by atoms with Gasteiger partial charge in [0, 0.05) is 0 Å². The van der Waals surface area contributed by atoms with Gasteiger partial charge < -0.3 is 5.32 Å². The minimum absolute atomic E-state index is 0.231. The monoisotopic (exact) mass is 430 g/mol. The molecule has 0 heterocycles. The fourth-order valence-corrected chi connectivity index (χ4v) is 5.09. The van der Waals surface area contributed by atoms with Gasteiger partial charge >= 0.3 is 0 Å². The van der Waals surface area contributed by atoms with Gasteiger partial charge in [0.1, 0.15) is 6.04 Å². The number of nitrogens with one attached hydrogen (secondary N) is 1. The van der Waals surface area contributed by atoms with Crippen LogP contribution in [0.1, 0.15) is 59.7 Å². The van der Waals surface area contributed by atoms with Crippen molar-refractivity contribution in [2.45, 2.75) is 67.0 Å². The first-order valence-corrected chi connectivity index (χ1v) is 12.2. The zero-order chi connectivity index (χ0) is 22.8. The Labute approximate surface area is 181 Å². The van der Waals surface area contributed by atoms with Crippen molar-refractivity contribution in [1.29, 1.82) is 0 Å². The van der Waals surface area contributed by atoms with Crippen molar-refractivity contribution in [3.63, 3.8) is 0 Å². The number of amides is 1. The fourth-order valence-electron chi connectivity index (χ4n) is 3.83. The summed E-state index contributed by atoms with van der Waals surface area (Å²) < 4.78 is 26.7. The molecule has 0 aliphatic heterocycles. The van der Waals surface area contributed by atoms with E-state index >= 15 is 0 Å². The van der Waals surface area contributed by atoms with Crippen molar-refractivity contribution in [1.82, 2.24) is 5.32 Å². The maximum absolute atomic E-state index is 13.3. The van der Waals surface area contributed by atoms with E-state index in [2.05, 4.69) is 24.4 Å². The smallest absolute Gasteiger partial charge is 0.244 e. The van der Waals surface area contributed by atoms with Crippen LogP contribution in [0.15, 0.2) is 30.3 Å². The molecule has 0 aromatic heterocycles. The molecule has 1 amide bonds. The molecule has 30 heavy (non-hydrogen) atoms. The standard InChI is InChI=1S/C24H34N2O3S/c1-9-22(26(30(8,28)29)23-12-15(2)10-11-16(23)3)24(27)25-20(7)21-14-18(5)17(4)13-19(21)6/h10-14,20,22H,9H2,1-8H3,(H,25,27)/t20-,22+/m1/s1. The average Bonchev–Trinajstić information content (AvgIpc) is 2.63. The molecule has 2 rings (SSSR count). The molecule has 0 aliphatic rings. The van der Waals surface area contributed by atoms with Crippen molar-refractivity contribution in [3.8, 4) is 0 Å². The molecule has 0 aliphatic carbocycles. The van der Waals surface area contributed by atoms with Gasteiger partial charge in [0.25, 0.3) is 0 Å². The van der Waals surface area contributed by atoms with E-state index in [0.717, 1.165) is 34.1 Å². The second-order valence-corrected chi connectivity index (χ2v) is 10.2. The summed E-state index contributed by atoms with van der Waals surface area (Å²) in [5.74, 6) is -0.297. The SMILES string of the molecule is CC[C@@H](C(=O)N[C@H](C)c1cc(C)c(C)cc1C)N(c1cc(C)ccc1C)S(C)(=O)=O. The van der Waals surface area contributed by atoms with E-state index in [1.165, 1.54) is 9.87 Å². The van der Waals surface area contributed by atoms with Gasteiger partial charge in [-0.25, -0.2) is 8.42 Å².